The summed E-state index contributed by atoms with van der Waals surface area (Å²) in [4.78, 5) is 26.1. The van der Waals surface area contributed by atoms with Gasteiger partial charge in [-0.2, -0.15) is 0 Å². The van der Waals surface area contributed by atoms with Gasteiger partial charge < -0.3 is 19.7 Å². The average molecular weight is 253 g/mol. The Kier molecular flexibility index (Phi) is 3.93. The Morgan fingerprint density at radius 2 is 2.39 bits per heavy atom. The highest BCUT2D eigenvalue weighted by Gasteiger charge is 2.25. The van der Waals surface area contributed by atoms with Crippen molar-refractivity contribution in [2.75, 3.05) is 25.1 Å². The molecule has 0 radical (unpaired) electrons. The highest BCUT2D eigenvalue weighted by Crippen LogP contribution is 2.33. The Morgan fingerprint density at radius 3 is 3.06 bits per heavy atom. The summed E-state index contributed by atoms with van der Waals surface area (Å²) in [7, 11) is 0. The molecule has 1 fully saturated rings. The Hall–Kier alpha value is -1.89. The van der Waals surface area contributed by atoms with Crippen molar-refractivity contribution < 1.29 is 14.6 Å². The van der Waals surface area contributed by atoms with Crippen LogP contribution in [0.1, 0.15) is 18.9 Å². The summed E-state index contributed by atoms with van der Waals surface area (Å²) in [6, 6.07) is 0.310. The first-order valence-electron chi connectivity index (χ1n) is 5.79. The van der Waals surface area contributed by atoms with E-state index in [-0.39, 0.29) is 24.6 Å². The molecule has 98 valence electrons. The standard InChI is InChI=1S/C11H15N3O4/c15-9(16)7-18-6-4-13-10-11(17)14(5-3-12-10)8-1-2-8/h3,5,8H,1-2,4,6-7H2,(H,12,13)(H,15,16). The van der Waals surface area contributed by atoms with E-state index in [1.807, 2.05) is 0 Å². The van der Waals surface area contributed by atoms with E-state index in [0.29, 0.717) is 12.6 Å². The summed E-state index contributed by atoms with van der Waals surface area (Å²) in [6.45, 7) is 0.228. The second-order valence-electron chi connectivity index (χ2n) is 4.09. The molecular formula is C11H15N3O4. The highest BCUT2D eigenvalue weighted by molar-refractivity contribution is 5.67. The molecule has 1 saturated carbocycles. The van der Waals surface area contributed by atoms with Crippen LogP contribution in [0.5, 0.6) is 0 Å². The molecule has 0 aromatic carbocycles. The van der Waals surface area contributed by atoms with Gasteiger partial charge in [0, 0.05) is 25.0 Å². The van der Waals surface area contributed by atoms with Gasteiger partial charge in [-0.3, -0.25) is 4.79 Å². The number of nitrogens with zero attached hydrogens (tertiary/aromatic N) is 2. The third-order valence-electron chi connectivity index (χ3n) is 2.57. The fourth-order valence-electron chi connectivity index (χ4n) is 1.59. The molecule has 1 aromatic heterocycles. The third kappa shape index (κ3) is 3.30. The molecule has 0 amide bonds. The lowest BCUT2D eigenvalue weighted by Crippen LogP contribution is -2.25. The lowest BCUT2D eigenvalue weighted by molar-refractivity contribution is -0.142. The summed E-state index contributed by atoms with van der Waals surface area (Å²) in [5.41, 5.74) is -0.141. The fraction of sp³-hybridized carbons (Fsp3) is 0.545. The van der Waals surface area contributed by atoms with Crippen LogP contribution < -0.4 is 10.9 Å². The second kappa shape index (κ2) is 5.63. The van der Waals surface area contributed by atoms with E-state index in [2.05, 4.69) is 10.3 Å². The van der Waals surface area contributed by atoms with Crippen LogP contribution in [0, 0.1) is 0 Å². The van der Waals surface area contributed by atoms with Crippen LogP contribution in [0.15, 0.2) is 17.2 Å². The molecule has 0 unspecified atom stereocenters. The summed E-state index contributed by atoms with van der Waals surface area (Å²) in [5.74, 6) is -0.729. The van der Waals surface area contributed by atoms with Crippen LogP contribution in [-0.4, -0.2) is 40.4 Å². The molecule has 0 bridgehead atoms. The van der Waals surface area contributed by atoms with Crippen LogP contribution in [0.4, 0.5) is 5.82 Å². The Labute approximate surface area is 103 Å². The highest BCUT2D eigenvalue weighted by atomic mass is 16.5. The van der Waals surface area contributed by atoms with Gasteiger partial charge >= 0.3 is 5.97 Å². The van der Waals surface area contributed by atoms with E-state index in [1.165, 1.54) is 0 Å². The first kappa shape index (κ1) is 12.6. The molecule has 0 atom stereocenters. The maximum absolute atomic E-state index is 11.9. The zero-order valence-corrected chi connectivity index (χ0v) is 9.83. The third-order valence-corrected chi connectivity index (χ3v) is 2.57. The van der Waals surface area contributed by atoms with Crippen LogP contribution in [-0.2, 0) is 9.53 Å². The number of aliphatic carboxylic acids is 1. The Bertz CT molecular complexity index is 481. The van der Waals surface area contributed by atoms with Crippen molar-refractivity contribution in [3.63, 3.8) is 0 Å². The van der Waals surface area contributed by atoms with Crippen molar-refractivity contribution in [2.45, 2.75) is 18.9 Å². The molecule has 18 heavy (non-hydrogen) atoms. The number of nitrogens with one attached hydrogen (secondary N) is 1. The number of carboxylic acids is 1. The maximum atomic E-state index is 11.9. The van der Waals surface area contributed by atoms with Crippen LogP contribution >= 0.6 is 0 Å². The van der Waals surface area contributed by atoms with E-state index >= 15 is 0 Å². The van der Waals surface area contributed by atoms with E-state index in [0.717, 1.165) is 12.8 Å². The predicted octanol–water partition coefficient (Wildman–Crippen LogP) is 0.0913. The van der Waals surface area contributed by atoms with E-state index in [4.69, 9.17) is 9.84 Å². The van der Waals surface area contributed by atoms with Gasteiger partial charge in [0.2, 0.25) is 0 Å². The normalized spacial score (nSPS) is 14.4. The van der Waals surface area contributed by atoms with Crippen LogP contribution in [0.25, 0.3) is 0 Å². The van der Waals surface area contributed by atoms with Crippen molar-refractivity contribution >= 4 is 11.8 Å². The molecule has 0 aliphatic heterocycles. The van der Waals surface area contributed by atoms with Crippen molar-refractivity contribution in [3.05, 3.63) is 22.7 Å². The van der Waals surface area contributed by atoms with Gasteiger partial charge in [0.1, 0.15) is 6.61 Å². The van der Waals surface area contributed by atoms with E-state index in [9.17, 15) is 9.59 Å². The zero-order valence-electron chi connectivity index (χ0n) is 9.83. The molecule has 1 heterocycles. The maximum Gasteiger partial charge on any atom is 0.329 e. The SMILES string of the molecule is O=C(O)COCCNc1nccn(C2CC2)c1=O. The predicted molar refractivity (Wildman–Crippen MR) is 63.7 cm³/mol. The van der Waals surface area contributed by atoms with Crippen LogP contribution in [0.3, 0.4) is 0 Å². The van der Waals surface area contributed by atoms with Crippen LogP contribution in [0.2, 0.25) is 0 Å². The van der Waals surface area contributed by atoms with Crippen molar-refractivity contribution in [1.29, 1.82) is 0 Å². The Balaban J connectivity index is 1.84. The van der Waals surface area contributed by atoms with Gasteiger partial charge in [-0.05, 0) is 12.8 Å². The minimum atomic E-state index is -1.01. The summed E-state index contributed by atoms with van der Waals surface area (Å²) >= 11 is 0. The lowest BCUT2D eigenvalue weighted by Gasteiger charge is -2.07. The van der Waals surface area contributed by atoms with Gasteiger partial charge in [0.15, 0.2) is 5.82 Å². The number of carbonyl (C=O) groups is 1. The number of ether oxygens (including phenoxy) is 1. The number of aromatic nitrogens is 2. The smallest absolute Gasteiger partial charge is 0.329 e. The summed E-state index contributed by atoms with van der Waals surface area (Å²) < 4.78 is 6.52. The topological polar surface area (TPSA) is 93.4 Å². The van der Waals surface area contributed by atoms with E-state index < -0.39 is 5.97 Å². The monoisotopic (exact) mass is 253 g/mol. The van der Waals surface area contributed by atoms with E-state index in [1.54, 1.807) is 17.0 Å². The number of carboxylic acid groups (broad SMARTS) is 1. The largest absolute Gasteiger partial charge is 0.480 e. The molecule has 7 nitrogen and oxygen atoms in total. The second-order valence-corrected chi connectivity index (χ2v) is 4.09. The van der Waals surface area contributed by atoms with Gasteiger partial charge in [-0.1, -0.05) is 0 Å². The number of hydrogen-bond donors (Lipinski definition) is 2. The van der Waals surface area contributed by atoms with Crippen molar-refractivity contribution in [2.24, 2.45) is 0 Å². The fourth-order valence-corrected chi connectivity index (χ4v) is 1.59. The molecular weight excluding hydrogens is 238 g/mol. The van der Waals surface area contributed by atoms with Crippen molar-refractivity contribution in [3.8, 4) is 0 Å². The first-order chi connectivity index (χ1) is 8.68. The molecule has 7 heteroatoms. The first-order valence-corrected chi connectivity index (χ1v) is 5.79. The minimum absolute atomic E-state index is 0.141. The quantitative estimate of drug-likeness (QED) is 0.669. The number of rotatable bonds is 7. The number of hydrogen-bond acceptors (Lipinski definition) is 5. The lowest BCUT2D eigenvalue weighted by atomic mass is 10.5. The molecule has 1 aromatic rings. The molecule has 1 aliphatic carbocycles. The minimum Gasteiger partial charge on any atom is -0.480 e. The Morgan fingerprint density at radius 1 is 1.61 bits per heavy atom. The average Bonchev–Trinajstić information content (AvgIpc) is 3.14. The summed E-state index contributed by atoms with van der Waals surface area (Å²) in [5, 5.41) is 11.2. The molecule has 2 N–H and O–H groups in total. The molecule has 0 saturated heterocycles. The molecule has 2 rings (SSSR count). The van der Waals surface area contributed by atoms with Crippen molar-refractivity contribution in [1.82, 2.24) is 9.55 Å². The van der Waals surface area contributed by atoms with Gasteiger partial charge in [0.25, 0.3) is 5.56 Å². The molecule has 0 spiro atoms. The van der Waals surface area contributed by atoms with Gasteiger partial charge in [0.05, 0.1) is 6.61 Å². The van der Waals surface area contributed by atoms with Gasteiger partial charge in [-0.25, -0.2) is 9.78 Å². The number of anilines is 1. The zero-order chi connectivity index (χ0) is 13.0. The van der Waals surface area contributed by atoms with Gasteiger partial charge in [-0.15, -0.1) is 0 Å². The summed E-state index contributed by atoms with van der Waals surface area (Å²) in [6.07, 6.45) is 5.34. The molecule has 1 aliphatic rings.